The summed E-state index contributed by atoms with van der Waals surface area (Å²) in [7, 11) is 1.84. The number of amides is 1. The van der Waals surface area contributed by atoms with Gasteiger partial charge in [-0.3, -0.25) is 9.89 Å². The van der Waals surface area contributed by atoms with Crippen molar-refractivity contribution in [2.45, 2.75) is 31.8 Å². The third kappa shape index (κ3) is 2.61. The molecule has 0 unspecified atom stereocenters. The fraction of sp³-hybridized carbons (Fsp3) is 0.636. The Morgan fingerprint density at radius 1 is 1.62 bits per heavy atom. The van der Waals surface area contributed by atoms with Crippen LogP contribution in [0.15, 0.2) is 12.4 Å². The van der Waals surface area contributed by atoms with Gasteiger partial charge in [0.05, 0.1) is 12.2 Å². The summed E-state index contributed by atoms with van der Waals surface area (Å²) in [6.45, 7) is 1.57. The Balaban J connectivity index is 1.88. The van der Waals surface area contributed by atoms with E-state index in [1.807, 2.05) is 13.2 Å². The van der Waals surface area contributed by atoms with Gasteiger partial charge >= 0.3 is 0 Å². The average molecular weight is 222 g/mol. The van der Waals surface area contributed by atoms with Crippen molar-refractivity contribution < 1.29 is 4.79 Å². The molecule has 1 fully saturated rings. The molecule has 0 spiro atoms. The lowest BCUT2D eigenvalue weighted by Gasteiger charge is -2.27. The average Bonchev–Trinajstić information content (AvgIpc) is 2.82. The van der Waals surface area contributed by atoms with E-state index in [0.717, 1.165) is 24.9 Å². The molecule has 1 saturated heterocycles. The number of piperidine rings is 1. The number of hydrogen-bond acceptors (Lipinski definition) is 3. The minimum absolute atomic E-state index is 0.00523. The highest BCUT2D eigenvalue weighted by Gasteiger charge is 2.23. The maximum absolute atomic E-state index is 12.1. The maximum atomic E-state index is 12.1. The summed E-state index contributed by atoms with van der Waals surface area (Å²) in [5, 5.41) is 9.88. The molecule has 5 heteroatoms. The van der Waals surface area contributed by atoms with Crippen molar-refractivity contribution in [3.05, 3.63) is 18.0 Å². The Morgan fingerprint density at radius 3 is 3.12 bits per heavy atom. The number of carbonyl (C=O) groups is 1. The van der Waals surface area contributed by atoms with E-state index in [1.54, 1.807) is 11.1 Å². The number of carbonyl (C=O) groups excluding carboxylic acids is 1. The quantitative estimate of drug-likeness (QED) is 0.783. The van der Waals surface area contributed by atoms with Crippen LogP contribution in [0.5, 0.6) is 0 Å². The summed E-state index contributed by atoms with van der Waals surface area (Å²) in [6, 6.07) is 0.00523. The minimum Gasteiger partial charge on any atom is -0.340 e. The van der Waals surface area contributed by atoms with Gasteiger partial charge in [-0.1, -0.05) is 6.42 Å². The summed E-state index contributed by atoms with van der Waals surface area (Å²) < 4.78 is 0. The van der Waals surface area contributed by atoms with Crippen LogP contribution in [0.3, 0.4) is 0 Å². The van der Waals surface area contributed by atoms with Crippen LogP contribution in [-0.4, -0.2) is 40.6 Å². The predicted octanol–water partition coefficient (Wildman–Crippen LogP) is 0.510. The van der Waals surface area contributed by atoms with Gasteiger partial charge in [-0.05, 0) is 19.4 Å². The number of hydrogen-bond donors (Lipinski definition) is 2. The summed E-state index contributed by atoms with van der Waals surface area (Å²) >= 11 is 0. The van der Waals surface area contributed by atoms with Crippen molar-refractivity contribution in [2.24, 2.45) is 0 Å². The highest BCUT2D eigenvalue weighted by Crippen LogP contribution is 2.10. The van der Waals surface area contributed by atoms with Crippen molar-refractivity contribution in [1.29, 1.82) is 0 Å². The van der Waals surface area contributed by atoms with Gasteiger partial charge in [0.1, 0.15) is 0 Å². The van der Waals surface area contributed by atoms with Crippen molar-refractivity contribution in [3.63, 3.8) is 0 Å². The van der Waals surface area contributed by atoms with Crippen LogP contribution in [0.4, 0.5) is 0 Å². The molecule has 1 atom stereocenters. The molecule has 0 aromatic carbocycles. The monoisotopic (exact) mass is 222 g/mol. The summed E-state index contributed by atoms with van der Waals surface area (Å²) in [4.78, 5) is 13.8. The number of aromatic nitrogens is 2. The minimum atomic E-state index is 0.00523. The topological polar surface area (TPSA) is 61.0 Å². The van der Waals surface area contributed by atoms with E-state index in [9.17, 15) is 4.79 Å². The second kappa shape index (κ2) is 5.12. The van der Waals surface area contributed by atoms with E-state index < -0.39 is 0 Å². The Morgan fingerprint density at radius 2 is 2.50 bits per heavy atom. The number of likely N-dealkylation sites (N-methyl/N-ethyl adjacent to an activating group) is 1. The van der Waals surface area contributed by atoms with E-state index in [1.165, 1.54) is 6.42 Å². The fourth-order valence-electron chi connectivity index (χ4n) is 2.04. The normalized spacial score (nSPS) is 20.7. The largest absolute Gasteiger partial charge is 0.340 e. The van der Waals surface area contributed by atoms with Gasteiger partial charge in [0, 0.05) is 25.4 Å². The zero-order valence-corrected chi connectivity index (χ0v) is 9.57. The first-order valence-electron chi connectivity index (χ1n) is 5.73. The smallest absolute Gasteiger partial charge is 0.239 e. The second-order valence-electron chi connectivity index (χ2n) is 4.30. The van der Waals surface area contributed by atoms with Crippen molar-refractivity contribution in [3.8, 4) is 0 Å². The maximum Gasteiger partial charge on any atom is 0.239 e. The van der Waals surface area contributed by atoms with E-state index in [4.69, 9.17) is 0 Å². The number of H-pyrrole nitrogens is 1. The Kier molecular flexibility index (Phi) is 3.56. The van der Waals surface area contributed by atoms with Crippen LogP contribution in [0, 0.1) is 0 Å². The molecule has 1 aliphatic heterocycles. The van der Waals surface area contributed by atoms with Crippen molar-refractivity contribution in [1.82, 2.24) is 20.4 Å². The molecular weight excluding hydrogens is 204 g/mol. The zero-order valence-electron chi connectivity index (χ0n) is 9.57. The highest BCUT2D eigenvalue weighted by atomic mass is 16.2. The molecule has 16 heavy (non-hydrogen) atoms. The lowest BCUT2D eigenvalue weighted by Crippen LogP contribution is -2.46. The zero-order chi connectivity index (χ0) is 11.4. The molecule has 5 nitrogen and oxygen atoms in total. The predicted molar refractivity (Wildman–Crippen MR) is 60.7 cm³/mol. The number of nitrogens with one attached hydrogen (secondary N) is 2. The van der Waals surface area contributed by atoms with Gasteiger partial charge in [-0.2, -0.15) is 5.10 Å². The second-order valence-corrected chi connectivity index (χ2v) is 4.30. The van der Waals surface area contributed by atoms with Crippen LogP contribution >= 0.6 is 0 Å². The molecule has 0 aliphatic carbocycles. The summed E-state index contributed by atoms with van der Waals surface area (Å²) in [6.07, 6.45) is 6.84. The van der Waals surface area contributed by atoms with Crippen LogP contribution in [0.25, 0.3) is 0 Å². The van der Waals surface area contributed by atoms with Crippen LogP contribution in [0.2, 0.25) is 0 Å². The van der Waals surface area contributed by atoms with Gasteiger partial charge in [-0.25, -0.2) is 0 Å². The SMILES string of the molecule is CN(Cc1cn[nH]c1)C(=O)[C@H]1CCCCN1. The van der Waals surface area contributed by atoms with Gasteiger partial charge in [0.2, 0.25) is 5.91 Å². The van der Waals surface area contributed by atoms with Crippen molar-refractivity contribution >= 4 is 5.91 Å². The first-order valence-corrected chi connectivity index (χ1v) is 5.73. The first kappa shape index (κ1) is 11.1. The Hall–Kier alpha value is -1.36. The molecule has 1 aromatic heterocycles. The molecule has 0 radical (unpaired) electrons. The molecule has 2 N–H and O–H groups in total. The summed E-state index contributed by atoms with van der Waals surface area (Å²) in [5.74, 6) is 0.181. The van der Waals surface area contributed by atoms with Crippen molar-refractivity contribution in [2.75, 3.05) is 13.6 Å². The van der Waals surface area contributed by atoms with Crippen LogP contribution in [0.1, 0.15) is 24.8 Å². The molecule has 1 amide bonds. The first-order chi connectivity index (χ1) is 7.77. The molecule has 1 aromatic rings. The number of rotatable bonds is 3. The van der Waals surface area contributed by atoms with E-state index >= 15 is 0 Å². The molecule has 2 rings (SSSR count). The third-order valence-corrected chi connectivity index (χ3v) is 2.96. The number of nitrogens with zero attached hydrogens (tertiary/aromatic N) is 2. The highest BCUT2D eigenvalue weighted by molar-refractivity contribution is 5.81. The van der Waals surface area contributed by atoms with Gasteiger partial charge in [-0.15, -0.1) is 0 Å². The molecule has 0 bridgehead atoms. The molecule has 2 heterocycles. The van der Waals surface area contributed by atoms with Gasteiger partial charge < -0.3 is 10.2 Å². The van der Waals surface area contributed by atoms with Crippen LogP contribution in [-0.2, 0) is 11.3 Å². The molecular formula is C11H18N4O. The standard InChI is InChI=1S/C11H18N4O/c1-15(8-9-6-13-14-7-9)11(16)10-4-2-3-5-12-10/h6-7,10,12H,2-5,8H2,1H3,(H,13,14)/t10-/m1/s1. The lowest BCUT2D eigenvalue weighted by atomic mass is 10.0. The van der Waals surface area contributed by atoms with Crippen LogP contribution < -0.4 is 5.32 Å². The van der Waals surface area contributed by atoms with Gasteiger partial charge in [0.15, 0.2) is 0 Å². The molecule has 88 valence electrons. The lowest BCUT2D eigenvalue weighted by molar-refractivity contribution is -0.133. The Bertz CT molecular complexity index is 330. The Labute approximate surface area is 95.2 Å². The summed E-state index contributed by atoms with van der Waals surface area (Å²) in [5.41, 5.74) is 1.03. The number of aromatic amines is 1. The van der Waals surface area contributed by atoms with E-state index in [2.05, 4.69) is 15.5 Å². The van der Waals surface area contributed by atoms with E-state index in [0.29, 0.717) is 6.54 Å². The van der Waals surface area contributed by atoms with E-state index in [-0.39, 0.29) is 11.9 Å². The molecule has 1 aliphatic rings. The van der Waals surface area contributed by atoms with Gasteiger partial charge in [0.25, 0.3) is 0 Å². The molecule has 0 saturated carbocycles. The fourth-order valence-corrected chi connectivity index (χ4v) is 2.04. The third-order valence-electron chi connectivity index (χ3n) is 2.96.